The maximum Gasteiger partial charge on any atom is 0.455 e. The van der Waals surface area contributed by atoms with Crippen LogP contribution in [0.2, 0.25) is 0 Å². The third-order valence-electron chi connectivity index (χ3n) is 2.28. The maximum absolute atomic E-state index is 11.5. The molecule has 0 aliphatic rings. The summed E-state index contributed by atoms with van der Waals surface area (Å²) in [5.74, 6) is -0.783. The molecule has 1 N–H and O–H groups in total. The Bertz CT molecular complexity index is 602. The summed E-state index contributed by atoms with van der Waals surface area (Å²) in [6.45, 7) is 2.50. The highest BCUT2D eigenvalue weighted by atomic mass is 16.7. The molecule has 0 saturated carbocycles. The van der Waals surface area contributed by atoms with Crippen LogP contribution in [0.25, 0.3) is 11.2 Å². The first-order valence-corrected chi connectivity index (χ1v) is 5.65. The summed E-state index contributed by atoms with van der Waals surface area (Å²) in [7, 11) is 0. The van der Waals surface area contributed by atoms with Crippen LogP contribution in [0.1, 0.15) is 19.8 Å². The summed E-state index contributed by atoms with van der Waals surface area (Å²) >= 11 is 0. The molecule has 0 spiro atoms. The van der Waals surface area contributed by atoms with Crippen molar-refractivity contribution in [3.05, 3.63) is 28.9 Å². The molecule has 0 fully saturated rings. The van der Waals surface area contributed by atoms with Gasteiger partial charge in [-0.25, -0.2) is 14.6 Å². The van der Waals surface area contributed by atoms with E-state index in [0.717, 1.165) is 17.6 Å². The molecule has 0 aliphatic carbocycles. The molecule has 0 radical (unpaired) electrons. The van der Waals surface area contributed by atoms with Crippen molar-refractivity contribution in [2.45, 2.75) is 19.8 Å². The van der Waals surface area contributed by atoms with Gasteiger partial charge in [-0.2, -0.15) is 0 Å². The third kappa shape index (κ3) is 2.50. The first-order valence-electron chi connectivity index (χ1n) is 5.65. The minimum Gasteiger partial charge on any atom is -0.404 e. The van der Waals surface area contributed by atoms with Crippen molar-refractivity contribution in [1.29, 1.82) is 0 Å². The van der Waals surface area contributed by atoms with Gasteiger partial charge in [0.05, 0.1) is 0 Å². The Morgan fingerprint density at radius 2 is 2.44 bits per heavy atom. The highest BCUT2D eigenvalue weighted by molar-refractivity contribution is 5.70. The van der Waals surface area contributed by atoms with Gasteiger partial charge in [0.15, 0.2) is 5.58 Å². The van der Waals surface area contributed by atoms with Crippen molar-refractivity contribution in [2.75, 3.05) is 6.54 Å². The van der Waals surface area contributed by atoms with Crippen LogP contribution < -0.4 is 15.9 Å². The van der Waals surface area contributed by atoms with E-state index >= 15 is 0 Å². The minimum atomic E-state index is -0.783. The first kappa shape index (κ1) is 12.2. The van der Waals surface area contributed by atoms with E-state index < -0.39 is 11.8 Å². The fraction of sp³-hybridized carbons (Fsp3) is 0.364. The number of unbranched alkanes of at least 4 members (excludes halogenated alkanes) is 1. The predicted octanol–water partition coefficient (Wildman–Crippen LogP) is 0.928. The van der Waals surface area contributed by atoms with Crippen LogP contribution in [-0.4, -0.2) is 22.4 Å². The zero-order valence-electron chi connectivity index (χ0n) is 9.88. The Morgan fingerprint density at radius 1 is 1.61 bits per heavy atom. The van der Waals surface area contributed by atoms with E-state index in [9.17, 15) is 9.59 Å². The van der Waals surface area contributed by atoms with E-state index in [-0.39, 0.29) is 11.2 Å². The number of pyridine rings is 1. The van der Waals surface area contributed by atoms with Crippen LogP contribution >= 0.6 is 0 Å². The van der Waals surface area contributed by atoms with Crippen LogP contribution in [-0.2, 0) is 0 Å². The number of rotatable bonds is 4. The number of aromatic nitrogens is 2. The second-order valence-corrected chi connectivity index (χ2v) is 3.65. The van der Waals surface area contributed by atoms with E-state index in [4.69, 9.17) is 9.25 Å². The molecule has 2 aromatic heterocycles. The number of amides is 1. The van der Waals surface area contributed by atoms with Crippen LogP contribution in [0.4, 0.5) is 4.79 Å². The third-order valence-corrected chi connectivity index (χ3v) is 2.28. The summed E-state index contributed by atoms with van der Waals surface area (Å²) < 4.78 is 5.60. The maximum atomic E-state index is 11.5. The zero-order valence-corrected chi connectivity index (χ0v) is 9.88. The summed E-state index contributed by atoms with van der Waals surface area (Å²) in [6, 6.07) is 3.19. The Morgan fingerprint density at radius 3 is 3.22 bits per heavy atom. The first-order chi connectivity index (χ1) is 8.72. The van der Waals surface area contributed by atoms with Gasteiger partial charge in [-0.1, -0.05) is 18.1 Å². The average Bonchev–Trinajstić information content (AvgIpc) is 2.67. The molecule has 0 unspecified atom stereocenters. The highest BCUT2D eigenvalue weighted by Gasteiger charge is 2.14. The predicted molar refractivity (Wildman–Crippen MR) is 63.2 cm³/mol. The fourth-order valence-corrected chi connectivity index (χ4v) is 1.40. The van der Waals surface area contributed by atoms with Gasteiger partial charge in [0.25, 0.3) is 0 Å². The van der Waals surface area contributed by atoms with Crippen molar-refractivity contribution < 1.29 is 14.0 Å². The lowest BCUT2D eigenvalue weighted by Crippen LogP contribution is -2.36. The van der Waals surface area contributed by atoms with Gasteiger partial charge in [0.1, 0.15) is 0 Å². The quantitative estimate of drug-likeness (QED) is 0.817. The van der Waals surface area contributed by atoms with Crippen LogP contribution in [0.3, 0.4) is 0 Å². The van der Waals surface area contributed by atoms with E-state index in [1.54, 1.807) is 12.1 Å². The Balaban J connectivity index is 2.14. The van der Waals surface area contributed by atoms with E-state index in [1.165, 1.54) is 6.20 Å². The van der Waals surface area contributed by atoms with Gasteiger partial charge < -0.3 is 14.6 Å². The van der Waals surface area contributed by atoms with Crippen molar-refractivity contribution >= 4 is 17.3 Å². The van der Waals surface area contributed by atoms with Crippen LogP contribution in [0, 0.1) is 0 Å². The number of carbonyl (C=O) groups excluding carboxylic acids is 1. The second-order valence-electron chi connectivity index (χ2n) is 3.65. The fourth-order valence-electron chi connectivity index (χ4n) is 1.40. The molecule has 0 aromatic carbocycles. The van der Waals surface area contributed by atoms with Crippen LogP contribution in [0.5, 0.6) is 0 Å². The molecular weight excluding hydrogens is 238 g/mol. The molecule has 1 amide bonds. The summed E-state index contributed by atoms with van der Waals surface area (Å²) in [4.78, 5) is 31.6. The van der Waals surface area contributed by atoms with E-state index in [0.29, 0.717) is 6.54 Å². The normalized spacial score (nSPS) is 10.5. The average molecular weight is 251 g/mol. The van der Waals surface area contributed by atoms with E-state index in [1.807, 2.05) is 6.92 Å². The number of fused-ring (bicyclic) bond motifs is 1. The standard InChI is InChI=1S/C11H13N3O4/c1-2-3-6-13-10(15)18-14-9-8(17-11(14)16)5-4-7-12-9/h4-5,7H,2-3,6H2,1H3,(H,13,15). The van der Waals surface area contributed by atoms with Crippen molar-refractivity contribution in [2.24, 2.45) is 0 Å². The topological polar surface area (TPSA) is 86.4 Å². The number of hydrogen-bond acceptors (Lipinski definition) is 5. The number of oxazole rings is 1. The monoisotopic (exact) mass is 251 g/mol. The number of nitrogens with one attached hydrogen (secondary N) is 1. The molecule has 2 heterocycles. The lowest BCUT2D eigenvalue weighted by Gasteiger charge is -2.04. The molecule has 2 aromatic rings. The molecule has 96 valence electrons. The number of carbonyl (C=O) groups is 1. The second kappa shape index (κ2) is 5.35. The summed E-state index contributed by atoms with van der Waals surface area (Å²) in [5, 5.41) is 2.52. The van der Waals surface area contributed by atoms with Crippen LogP contribution in [0.15, 0.2) is 27.5 Å². The van der Waals surface area contributed by atoms with Gasteiger partial charge in [0, 0.05) is 12.7 Å². The Hall–Kier alpha value is -2.31. The SMILES string of the molecule is CCCCNC(=O)On1c(=O)oc2cccnc21. The lowest BCUT2D eigenvalue weighted by molar-refractivity contribution is 0.127. The molecule has 2 rings (SSSR count). The molecule has 7 heteroatoms. The largest absolute Gasteiger partial charge is 0.455 e. The number of hydrogen-bond donors (Lipinski definition) is 1. The summed E-state index contributed by atoms with van der Waals surface area (Å²) in [5.41, 5.74) is 0.442. The van der Waals surface area contributed by atoms with Gasteiger partial charge in [-0.15, -0.1) is 0 Å². The molecular formula is C11H13N3O4. The van der Waals surface area contributed by atoms with Gasteiger partial charge >= 0.3 is 11.8 Å². The van der Waals surface area contributed by atoms with E-state index in [2.05, 4.69) is 10.3 Å². The molecule has 7 nitrogen and oxygen atoms in total. The highest BCUT2D eigenvalue weighted by Crippen LogP contribution is 2.06. The molecule has 0 bridgehead atoms. The van der Waals surface area contributed by atoms with Crippen molar-refractivity contribution in [1.82, 2.24) is 15.0 Å². The van der Waals surface area contributed by atoms with Gasteiger partial charge in [0.2, 0.25) is 5.65 Å². The summed E-state index contributed by atoms with van der Waals surface area (Å²) in [6.07, 6.45) is 2.57. The molecule has 0 aliphatic heterocycles. The van der Waals surface area contributed by atoms with Gasteiger partial charge in [-0.3, -0.25) is 0 Å². The smallest absolute Gasteiger partial charge is 0.404 e. The lowest BCUT2D eigenvalue weighted by atomic mass is 10.3. The Kier molecular flexibility index (Phi) is 3.61. The molecule has 0 saturated heterocycles. The number of nitrogens with zero attached hydrogens (tertiary/aromatic N) is 2. The van der Waals surface area contributed by atoms with Crippen molar-refractivity contribution in [3.8, 4) is 0 Å². The zero-order chi connectivity index (χ0) is 13.0. The Labute approximate surface area is 102 Å². The van der Waals surface area contributed by atoms with Crippen molar-refractivity contribution in [3.63, 3.8) is 0 Å². The molecule has 0 atom stereocenters. The van der Waals surface area contributed by atoms with Gasteiger partial charge in [-0.05, 0) is 18.6 Å². The minimum absolute atomic E-state index is 0.174. The molecule has 18 heavy (non-hydrogen) atoms.